The van der Waals surface area contributed by atoms with E-state index in [1.165, 1.54) is 19.3 Å². The van der Waals surface area contributed by atoms with E-state index >= 15 is 0 Å². The van der Waals surface area contributed by atoms with Crippen LogP contribution in [0.1, 0.15) is 38.2 Å². The highest BCUT2D eigenvalue weighted by molar-refractivity contribution is 5.85. The van der Waals surface area contributed by atoms with E-state index in [1.807, 2.05) is 24.3 Å². The van der Waals surface area contributed by atoms with E-state index in [2.05, 4.69) is 6.92 Å². The molecule has 3 heteroatoms. The van der Waals surface area contributed by atoms with Crippen LogP contribution in [0.15, 0.2) is 30.3 Å². The standard InChI is InChI=1S/C15H20O3/c1-2-3-4-5-11-18-14-8-6-7-13(12-14)9-10-15(16)17/h6-10,12H,2-5,11H2,1H3,(H,16,17)/b10-9+. The molecule has 0 saturated carbocycles. The van der Waals surface area contributed by atoms with Crippen LogP contribution in [-0.2, 0) is 4.79 Å². The summed E-state index contributed by atoms with van der Waals surface area (Å²) in [7, 11) is 0. The van der Waals surface area contributed by atoms with E-state index in [1.54, 1.807) is 6.08 Å². The van der Waals surface area contributed by atoms with Crippen molar-refractivity contribution in [3.63, 3.8) is 0 Å². The maximum atomic E-state index is 10.4. The molecule has 1 rings (SSSR count). The van der Waals surface area contributed by atoms with Gasteiger partial charge in [0.05, 0.1) is 6.61 Å². The van der Waals surface area contributed by atoms with Gasteiger partial charge in [0, 0.05) is 6.08 Å². The van der Waals surface area contributed by atoms with Gasteiger partial charge in [0.2, 0.25) is 0 Å². The molecule has 18 heavy (non-hydrogen) atoms. The summed E-state index contributed by atoms with van der Waals surface area (Å²) in [5, 5.41) is 8.55. The van der Waals surface area contributed by atoms with Crippen LogP contribution >= 0.6 is 0 Å². The summed E-state index contributed by atoms with van der Waals surface area (Å²) in [5.41, 5.74) is 0.837. The van der Waals surface area contributed by atoms with Crippen LogP contribution in [-0.4, -0.2) is 17.7 Å². The largest absolute Gasteiger partial charge is 0.494 e. The fraction of sp³-hybridized carbons (Fsp3) is 0.400. The summed E-state index contributed by atoms with van der Waals surface area (Å²) < 4.78 is 5.62. The molecule has 0 fully saturated rings. The molecular formula is C15H20O3. The SMILES string of the molecule is CCCCCCOc1cccc(/C=C/C(=O)O)c1. The third kappa shape index (κ3) is 6.09. The lowest BCUT2D eigenvalue weighted by Crippen LogP contribution is -1.97. The van der Waals surface area contributed by atoms with Gasteiger partial charge in [0.25, 0.3) is 0 Å². The van der Waals surface area contributed by atoms with Crippen molar-refractivity contribution in [2.45, 2.75) is 32.6 Å². The average molecular weight is 248 g/mol. The minimum absolute atomic E-state index is 0.714. The number of hydrogen-bond donors (Lipinski definition) is 1. The predicted octanol–water partition coefficient (Wildman–Crippen LogP) is 3.74. The van der Waals surface area contributed by atoms with Crippen LogP contribution in [0.5, 0.6) is 5.75 Å². The highest BCUT2D eigenvalue weighted by Gasteiger charge is 1.96. The minimum Gasteiger partial charge on any atom is -0.494 e. The number of unbranched alkanes of at least 4 members (excludes halogenated alkanes) is 3. The van der Waals surface area contributed by atoms with E-state index in [4.69, 9.17) is 9.84 Å². The molecule has 3 nitrogen and oxygen atoms in total. The number of carboxylic acids is 1. The van der Waals surface area contributed by atoms with Crippen molar-refractivity contribution in [3.05, 3.63) is 35.9 Å². The molecule has 1 aromatic carbocycles. The summed E-state index contributed by atoms with van der Waals surface area (Å²) in [5.74, 6) is -0.153. The molecule has 0 bridgehead atoms. The Kier molecular flexibility index (Phi) is 6.62. The van der Waals surface area contributed by atoms with Crippen molar-refractivity contribution in [2.24, 2.45) is 0 Å². The predicted molar refractivity (Wildman–Crippen MR) is 72.7 cm³/mol. The van der Waals surface area contributed by atoms with Crippen molar-refractivity contribution in [1.29, 1.82) is 0 Å². The van der Waals surface area contributed by atoms with Gasteiger partial charge in [0.1, 0.15) is 5.75 Å². The van der Waals surface area contributed by atoms with Crippen LogP contribution in [0.25, 0.3) is 6.08 Å². The highest BCUT2D eigenvalue weighted by Crippen LogP contribution is 2.15. The molecule has 0 radical (unpaired) electrons. The molecule has 0 aliphatic rings. The van der Waals surface area contributed by atoms with Crippen LogP contribution in [0.3, 0.4) is 0 Å². The molecule has 0 unspecified atom stereocenters. The monoisotopic (exact) mass is 248 g/mol. The average Bonchev–Trinajstić information content (AvgIpc) is 2.37. The van der Waals surface area contributed by atoms with Crippen molar-refractivity contribution in [3.8, 4) is 5.75 Å². The molecule has 0 spiro atoms. The van der Waals surface area contributed by atoms with E-state index < -0.39 is 5.97 Å². The van der Waals surface area contributed by atoms with Gasteiger partial charge in [-0.3, -0.25) is 0 Å². The molecule has 0 amide bonds. The molecule has 98 valence electrons. The second-order valence-corrected chi connectivity index (χ2v) is 4.15. The van der Waals surface area contributed by atoms with Crippen LogP contribution in [0.2, 0.25) is 0 Å². The summed E-state index contributed by atoms with van der Waals surface area (Å²) in [4.78, 5) is 10.4. The first-order chi connectivity index (χ1) is 8.72. The summed E-state index contributed by atoms with van der Waals surface area (Å²) in [6.45, 7) is 2.89. The van der Waals surface area contributed by atoms with Crippen LogP contribution in [0.4, 0.5) is 0 Å². The topological polar surface area (TPSA) is 46.5 Å². The zero-order valence-electron chi connectivity index (χ0n) is 10.8. The Labute approximate surface area is 108 Å². The van der Waals surface area contributed by atoms with Crippen molar-refractivity contribution < 1.29 is 14.6 Å². The highest BCUT2D eigenvalue weighted by atomic mass is 16.5. The van der Waals surface area contributed by atoms with Gasteiger partial charge in [-0.15, -0.1) is 0 Å². The third-order valence-corrected chi connectivity index (χ3v) is 2.54. The van der Waals surface area contributed by atoms with Gasteiger partial charge in [-0.25, -0.2) is 4.79 Å². The van der Waals surface area contributed by atoms with Gasteiger partial charge >= 0.3 is 5.97 Å². The molecule has 1 N–H and O–H groups in total. The van der Waals surface area contributed by atoms with Gasteiger partial charge < -0.3 is 9.84 Å². The fourth-order valence-electron chi connectivity index (χ4n) is 1.59. The lowest BCUT2D eigenvalue weighted by atomic mass is 10.2. The number of ether oxygens (including phenoxy) is 1. The number of benzene rings is 1. The molecule has 1 aromatic rings. The molecular weight excluding hydrogens is 228 g/mol. The Bertz CT molecular complexity index is 396. The zero-order valence-corrected chi connectivity index (χ0v) is 10.8. The number of aliphatic carboxylic acids is 1. The maximum absolute atomic E-state index is 10.4. The first kappa shape index (κ1) is 14.3. The van der Waals surface area contributed by atoms with Crippen molar-refractivity contribution >= 4 is 12.0 Å². The van der Waals surface area contributed by atoms with Crippen molar-refractivity contribution in [2.75, 3.05) is 6.61 Å². The van der Waals surface area contributed by atoms with Crippen LogP contribution in [0, 0.1) is 0 Å². The van der Waals surface area contributed by atoms with E-state index in [-0.39, 0.29) is 0 Å². The Morgan fingerprint density at radius 3 is 2.89 bits per heavy atom. The number of carbonyl (C=O) groups is 1. The summed E-state index contributed by atoms with van der Waals surface area (Å²) in [6.07, 6.45) is 7.39. The fourth-order valence-corrected chi connectivity index (χ4v) is 1.59. The third-order valence-electron chi connectivity index (χ3n) is 2.54. The zero-order chi connectivity index (χ0) is 13.2. The molecule has 0 aliphatic carbocycles. The number of carboxylic acid groups (broad SMARTS) is 1. The Balaban J connectivity index is 2.42. The first-order valence-corrected chi connectivity index (χ1v) is 6.36. The van der Waals surface area contributed by atoms with E-state index in [9.17, 15) is 4.79 Å². The Hall–Kier alpha value is -1.77. The minimum atomic E-state index is -0.944. The molecule has 0 heterocycles. The van der Waals surface area contributed by atoms with Gasteiger partial charge in [-0.05, 0) is 30.2 Å². The lowest BCUT2D eigenvalue weighted by Gasteiger charge is -2.06. The Morgan fingerprint density at radius 1 is 1.33 bits per heavy atom. The van der Waals surface area contributed by atoms with Gasteiger partial charge in [0.15, 0.2) is 0 Å². The quantitative estimate of drug-likeness (QED) is 0.563. The lowest BCUT2D eigenvalue weighted by molar-refractivity contribution is -0.131. The Morgan fingerprint density at radius 2 is 2.17 bits per heavy atom. The van der Waals surface area contributed by atoms with E-state index in [0.29, 0.717) is 6.61 Å². The van der Waals surface area contributed by atoms with Gasteiger partial charge in [-0.1, -0.05) is 38.3 Å². The molecule has 0 aromatic heterocycles. The first-order valence-electron chi connectivity index (χ1n) is 6.36. The summed E-state index contributed by atoms with van der Waals surface area (Å²) >= 11 is 0. The maximum Gasteiger partial charge on any atom is 0.328 e. The van der Waals surface area contributed by atoms with Gasteiger partial charge in [-0.2, -0.15) is 0 Å². The smallest absolute Gasteiger partial charge is 0.328 e. The summed E-state index contributed by atoms with van der Waals surface area (Å²) in [6, 6.07) is 7.45. The van der Waals surface area contributed by atoms with Crippen molar-refractivity contribution in [1.82, 2.24) is 0 Å². The number of rotatable bonds is 8. The normalized spacial score (nSPS) is 10.7. The second kappa shape index (κ2) is 8.34. The molecule has 0 aliphatic heterocycles. The number of hydrogen-bond acceptors (Lipinski definition) is 2. The van der Waals surface area contributed by atoms with Crippen LogP contribution < -0.4 is 4.74 Å². The van der Waals surface area contributed by atoms with E-state index in [0.717, 1.165) is 23.8 Å². The second-order valence-electron chi connectivity index (χ2n) is 4.15. The molecule has 0 atom stereocenters. The molecule has 0 saturated heterocycles.